The average Bonchev–Trinajstić information content (AvgIpc) is 2.37. The van der Waals surface area contributed by atoms with Crippen LogP contribution < -0.4 is 5.32 Å². The zero-order valence-electron chi connectivity index (χ0n) is 12.5. The maximum absolute atomic E-state index is 3.62. The molecule has 1 N–H and O–H groups in total. The van der Waals surface area contributed by atoms with Gasteiger partial charge in [0.1, 0.15) is 0 Å². The summed E-state index contributed by atoms with van der Waals surface area (Å²) in [5.74, 6) is 0.680. The fourth-order valence-corrected chi connectivity index (χ4v) is 2.30. The third-order valence-electron chi connectivity index (χ3n) is 3.62. The Hall–Kier alpha value is -0.980. The van der Waals surface area contributed by atoms with Crippen LogP contribution in [0.3, 0.4) is 0 Å². The number of anilines is 1. The lowest BCUT2D eigenvalue weighted by molar-refractivity contribution is 0.511. The molecule has 0 bridgehead atoms. The van der Waals surface area contributed by atoms with Gasteiger partial charge >= 0.3 is 0 Å². The van der Waals surface area contributed by atoms with Crippen molar-refractivity contribution in [3.63, 3.8) is 0 Å². The van der Waals surface area contributed by atoms with E-state index < -0.39 is 0 Å². The summed E-state index contributed by atoms with van der Waals surface area (Å²) in [6.07, 6.45) is 6.34. The lowest BCUT2D eigenvalue weighted by Gasteiger charge is -2.22. The van der Waals surface area contributed by atoms with Crippen molar-refractivity contribution in [2.75, 3.05) is 5.32 Å². The van der Waals surface area contributed by atoms with E-state index in [1.807, 2.05) is 0 Å². The van der Waals surface area contributed by atoms with Crippen LogP contribution >= 0.6 is 0 Å². The molecule has 1 aromatic carbocycles. The zero-order chi connectivity index (χ0) is 13.4. The number of hydrogen-bond acceptors (Lipinski definition) is 1. The van der Waals surface area contributed by atoms with Gasteiger partial charge in [-0.2, -0.15) is 0 Å². The van der Waals surface area contributed by atoms with Gasteiger partial charge in [-0.3, -0.25) is 0 Å². The Morgan fingerprint density at radius 3 is 2.17 bits per heavy atom. The predicted octanol–water partition coefficient (Wildman–Crippen LogP) is 5.27. The minimum Gasteiger partial charge on any atom is -0.382 e. The monoisotopic (exact) mass is 247 g/mol. The van der Waals surface area contributed by atoms with Crippen molar-refractivity contribution in [2.45, 2.75) is 65.8 Å². The minimum absolute atomic E-state index is 0.580. The topological polar surface area (TPSA) is 12.0 Å². The Morgan fingerprint density at radius 1 is 1.00 bits per heavy atom. The van der Waals surface area contributed by atoms with Gasteiger partial charge in [0.15, 0.2) is 0 Å². The Balaban J connectivity index is 2.49. The van der Waals surface area contributed by atoms with Crippen molar-refractivity contribution >= 4 is 5.69 Å². The van der Waals surface area contributed by atoms with Crippen LogP contribution in [0.5, 0.6) is 0 Å². The van der Waals surface area contributed by atoms with E-state index in [0.29, 0.717) is 12.0 Å². The standard InChI is InChI=1S/C17H29N/c1-5-7-8-9-15-10-12-16(13-11-15)18-17(6-2)14(3)4/h10-14,17-18H,5-9H2,1-4H3. The van der Waals surface area contributed by atoms with Crippen molar-refractivity contribution in [3.05, 3.63) is 29.8 Å². The van der Waals surface area contributed by atoms with E-state index in [9.17, 15) is 0 Å². The number of aryl methyl sites for hydroxylation is 1. The maximum atomic E-state index is 3.62. The molecule has 0 saturated heterocycles. The quantitative estimate of drug-likeness (QED) is 0.617. The minimum atomic E-state index is 0.580. The van der Waals surface area contributed by atoms with Crippen LogP contribution in [0, 0.1) is 5.92 Å². The molecule has 0 heterocycles. The highest BCUT2D eigenvalue weighted by atomic mass is 14.9. The molecule has 1 atom stereocenters. The number of nitrogens with one attached hydrogen (secondary N) is 1. The number of hydrogen-bond donors (Lipinski definition) is 1. The van der Waals surface area contributed by atoms with Crippen LogP contribution in [0.15, 0.2) is 24.3 Å². The molecule has 0 aliphatic heterocycles. The predicted molar refractivity (Wildman–Crippen MR) is 82.2 cm³/mol. The van der Waals surface area contributed by atoms with Crippen LogP contribution in [-0.2, 0) is 6.42 Å². The molecule has 1 aromatic rings. The summed E-state index contributed by atoms with van der Waals surface area (Å²) in [5, 5.41) is 3.62. The van der Waals surface area contributed by atoms with Gasteiger partial charge in [-0.15, -0.1) is 0 Å². The molecule has 0 aromatic heterocycles. The van der Waals surface area contributed by atoms with E-state index in [1.54, 1.807) is 0 Å². The Bertz CT molecular complexity index is 313. The van der Waals surface area contributed by atoms with E-state index >= 15 is 0 Å². The molecule has 102 valence electrons. The summed E-state index contributed by atoms with van der Waals surface area (Å²) < 4.78 is 0. The normalized spacial score (nSPS) is 12.7. The van der Waals surface area contributed by atoms with Crippen molar-refractivity contribution in [1.29, 1.82) is 0 Å². The fourth-order valence-electron chi connectivity index (χ4n) is 2.30. The molecule has 1 rings (SSSR count). The van der Waals surface area contributed by atoms with Crippen molar-refractivity contribution < 1.29 is 0 Å². The van der Waals surface area contributed by atoms with E-state index in [4.69, 9.17) is 0 Å². The first-order valence-corrected chi connectivity index (χ1v) is 7.52. The van der Waals surface area contributed by atoms with Gasteiger partial charge in [-0.1, -0.05) is 52.7 Å². The van der Waals surface area contributed by atoms with Crippen LogP contribution in [0.1, 0.15) is 58.9 Å². The Kier molecular flexibility index (Phi) is 6.85. The average molecular weight is 247 g/mol. The fraction of sp³-hybridized carbons (Fsp3) is 0.647. The second-order valence-corrected chi connectivity index (χ2v) is 5.56. The van der Waals surface area contributed by atoms with Gasteiger partial charge in [0.2, 0.25) is 0 Å². The summed E-state index contributed by atoms with van der Waals surface area (Å²) in [6.45, 7) is 9.06. The van der Waals surface area contributed by atoms with E-state index in [1.165, 1.54) is 43.4 Å². The van der Waals surface area contributed by atoms with Crippen LogP contribution in [-0.4, -0.2) is 6.04 Å². The number of unbranched alkanes of at least 4 members (excludes halogenated alkanes) is 2. The van der Waals surface area contributed by atoms with Crippen molar-refractivity contribution in [2.24, 2.45) is 5.92 Å². The maximum Gasteiger partial charge on any atom is 0.0342 e. The van der Waals surface area contributed by atoms with Crippen LogP contribution in [0.4, 0.5) is 5.69 Å². The van der Waals surface area contributed by atoms with E-state index in [0.717, 1.165) is 0 Å². The third kappa shape index (κ3) is 5.12. The van der Waals surface area contributed by atoms with E-state index in [-0.39, 0.29) is 0 Å². The highest BCUT2D eigenvalue weighted by Gasteiger charge is 2.09. The largest absolute Gasteiger partial charge is 0.382 e. The molecule has 0 aliphatic rings. The molecule has 0 fully saturated rings. The molecule has 0 amide bonds. The van der Waals surface area contributed by atoms with Crippen molar-refractivity contribution in [1.82, 2.24) is 0 Å². The highest BCUT2D eigenvalue weighted by Crippen LogP contribution is 2.17. The molecule has 0 aliphatic carbocycles. The summed E-state index contributed by atoms with van der Waals surface area (Å²) in [4.78, 5) is 0. The molecule has 0 spiro atoms. The SMILES string of the molecule is CCCCCc1ccc(NC(CC)C(C)C)cc1. The summed E-state index contributed by atoms with van der Waals surface area (Å²) in [7, 11) is 0. The molecule has 1 nitrogen and oxygen atoms in total. The smallest absolute Gasteiger partial charge is 0.0342 e. The molecule has 0 radical (unpaired) electrons. The van der Waals surface area contributed by atoms with E-state index in [2.05, 4.69) is 57.3 Å². The van der Waals surface area contributed by atoms with Crippen molar-refractivity contribution in [3.8, 4) is 0 Å². The molecular weight excluding hydrogens is 218 g/mol. The lowest BCUT2D eigenvalue weighted by atomic mass is 10.0. The molecule has 1 unspecified atom stereocenters. The zero-order valence-corrected chi connectivity index (χ0v) is 12.5. The lowest BCUT2D eigenvalue weighted by Crippen LogP contribution is -2.24. The van der Waals surface area contributed by atoms with Gasteiger partial charge in [-0.25, -0.2) is 0 Å². The number of rotatable bonds is 8. The number of benzene rings is 1. The van der Waals surface area contributed by atoms with Crippen LogP contribution in [0.25, 0.3) is 0 Å². The second kappa shape index (κ2) is 8.18. The van der Waals surface area contributed by atoms with Gasteiger partial charge in [0.05, 0.1) is 0 Å². The molecule has 18 heavy (non-hydrogen) atoms. The van der Waals surface area contributed by atoms with Gasteiger partial charge < -0.3 is 5.32 Å². The summed E-state index contributed by atoms with van der Waals surface area (Å²) in [5.41, 5.74) is 2.72. The summed E-state index contributed by atoms with van der Waals surface area (Å²) in [6, 6.07) is 9.57. The third-order valence-corrected chi connectivity index (χ3v) is 3.62. The molecule has 1 heteroatoms. The Labute approximate surface area is 113 Å². The first-order valence-electron chi connectivity index (χ1n) is 7.52. The summed E-state index contributed by atoms with van der Waals surface area (Å²) >= 11 is 0. The van der Waals surface area contributed by atoms with Gasteiger partial charge in [0, 0.05) is 11.7 Å². The van der Waals surface area contributed by atoms with Crippen LogP contribution in [0.2, 0.25) is 0 Å². The first-order chi connectivity index (χ1) is 8.67. The molecule has 0 saturated carbocycles. The van der Waals surface area contributed by atoms with Gasteiger partial charge in [0.25, 0.3) is 0 Å². The second-order valence-electron chi connectivity index (χ2n) is 5.56. The first kappa shape index (κ1) is 15.1. The Morgan fingerprint density at radius 2 is 1.67 bits per heavy atom. The highest BCUT2D eigenvalue weighted by molar-refractivity contribution is 5.45. The molecular formula is C17H29N. The van der Waals surface area contributed by atoms with Gasteiger partial charge in [-0.05, 0) is 42.9 Å².